The van der Waals surface area contributed by atoms with Gasteiger partial charge in [-0.2, -0.15) is 0 Å². The number of carboxylic acid groups (broad SMARTS) is 1. The molecule has 0 aliphatic heterocycles. The van der Waals surface area contributed by atoms with Gasteiger partial charge in [-0.05, 0) is 6.92 Å². The molecule has 0 aromatic rings. The monoisotopic (exact) mass is 204 g/mol. The van der Waals surface area contributed by atoms with E-state index in [1.807, 2.05) is 0 Å². The van der Waals surface area contributed by atoms with Crippen LogP contribution in [0.4, 0.5) is 0 Å². The second-order valence-corrected chi connectivity index (χ2v) is 2.97. The van der Waals surface area contributed by atoms with Gasteiger partial charge in [0.05, 0.1) is 13.5 Å². The van der Waals surface area contributed by atoms with Crippen molar-refractivity contribution in [3.05, 3.63) is 0 Å². The summed E-state index contributed by atoms with van der Waals surface area (Å²) in [6.45, 7) is 1.13. The van der Waals surface area contributed by atoms with E-state index in [-0.39, 0.29) is 0 Å². The van der Waals surface area contributed by atoms with E-state index >= 15 is 0 Å². The molecule has 0 heterocycles. The lowest BCUT2D eigenvalue weighted by Crippen LogP contribution is -2.42. The highest BCUT2D eigenvalue weighted by Gasteiger charge is 2.40. The van der Waals surface area contributed by atoms with Crippen molar-refractivity contribution in [1.82, 2.24) is 0 Å². The molecule has 0 aliphatic rings. The molecule has 0 rings (SSSR count). The first kappa shape index (κ1) is 12.6. The molecule has 1 atom stereocenters. The molecular formula is C8H12O6. The maximum Gasteiger partial charge on any atom is 0.336 e. The second-order valence-electron chi connectivity index (χ2n) is 2.97. The predicted octanol–water partition coefficient (Wildman–Crippen LogP) is -0.656. The Bertz CT molecular complexity index is 259. The third kappa shape index (κ3) is 3.53. The van der Waals surface area contributed by atoms with Crippen molar-refractivity contribution in [3.63, 3.8) is 0 Å². The number of ketones is 1. The van der Waals surface area contributed by atoms with Gasteiger partial charge in [0, 0.05) is 6.42 Å². The van der Waals surface area contributed by atoms with Gasteiger partial charge in [0.1, 0.15) is 5.78 Å². The Morgan fingerprint density at radius 3 is 2.07 bits per heavy atom. The highest BCUT2D eigenvalue weighted by molar-refractivity contribution is 5.90. The maximum absolute atomic E-state index is 10.8. The molecule has 0 radical (unpaired) electrons. The number of esters is 1. The van der Waals surface area contributed by atoms with Crippen LogP contribution in [0.5, 0.6) is 0 Å². The average molecular weight is 204 g/mol. The quantitative estimate of drug-likeness (QED) is 0.577. The molecule has 0 saturated carbocycles. The molecule has 0 aromatic carbocycles. The Morgan fingerprint density at radius 1 is 1.29 bits per heavy atom. The summed E-state index contributed by atoms with van der Waals surface area (Å²) in [4.78, 5) is 32.0. The topological polar surface area (TPSA) is 101 Å². The molecule has 0 saturated heterocycles. The average Bonchev–Trinajstić information content (AvgIpc) is 2.02. The maximum atomic E-state index is 10.8. The standard InChI is InChI=1S/C8H12O6/c1-5(9)3-8(13,7(11)12)4-6(10)14-2/h13H,3-4H2,1-2H3,(H,11,12). The van der Waals surface area contributed by atoms with Gasteiger partial charge in [0.15, 0.2) is 5.60 Å². The number of ether oxygens (including phenoxy) is 1. The molecule has 2 N–H and O–H groups in total. The number of rotatable bonds is 5. The van der Waals surface area contributed by atoms with Crippen LogP contribution >= 0.6 is 0 Å². The molecule has 80 valence electrons. The number of hydrogen-bond donors (Lipinski definition) is 2. The number of carbonyl (C=O) groups is 3. The fourth-order valence-corrected chi connectivity index (χ4v) is 0.937. The molecule has 0 spiro atoms. The fourth-order valence-electron chi connectivity index (χ4n) is 0.937. The van der Waals surface area contributed by atoms with Crippen molar-refractivity contribution in [3.8, 4) is 0 Å². The molecule has 14 heavy (non-hydrogen) atoms. The minimum Gasteiger partial charge on any atom is -0.479 e. The van der Waals surface area contributed by atoms with E-state index in [0.717, 1.165) is 14.0 Å². The summed E-state index contributed by atoms with van der Waals surface area (Å²) in [5.74, 6) is -3.01. The van der Waals surface area contributed by atoms with E-state index in [4.69, 9.17) is 5.11 Å². The van der Waals surface area contributed by atoms with Gasteiger partial charge < -0.3 is 14.9 Å². The number of Topliss-reactive ketones (excluding diaryl/α,β-unsaturated/α-hetero) is 1. The highest BCUT2D eigenvalue weighted by Crippen LogP contribution is 2.17. The SMILES string of the molecule is COC(=O)CC(O)(CC(C)=O)C(=O)O. The van der Waals surface area contributed by atoms with Crippen molar-refractivity contribution in [2.24, 2.45) is 0 Å². The predicted molar refractivity (Wildman–Crippen MR) is 44.5 cm³/mol. The van der Waals surface area contributed by atoms with Gasteiger partial charge in [0.2, 0.25) is 0 Å². The number of hydrogen-bond acceptors (Lipinski definition) is 5. The lowest BCUT2D eigenvalue weighted by Gasteiger charge is -2.20. The zero-order chi connectivity index (χ0) is 11.4. The minimum absolute atomic E-state index is 0.515. The molecule has 6 nitrogen and oxygen atoms in total. The largest absolute Gasteiger partial charge is 0.479 e. The molecule has 1 unspecified atom stereocenters. The van der Waals surface area contributed by atoms with E-state index in [9.17, 15) is 19.5 Å². The molecule has 0 amide bonds. The van der Waals surface area contributed by atoms with Crippen molar-refractivity contribution in [2.75, 3.05) is 7.11 Å². The lowest BCUT2D eigenvalue weighted by molar-refractivity contribution is -0.168. The highest BCUT2D eigenvalue weighted by atomic mass is 16.5. The third-order valence-electron chi connectivity index (χ3n) is 1.60. The van der Waals surface area contributed by atoms with E-state index in [0.29, 0.717) is 0 Å². The van der Waals surface area contributed by atoms with Gasteiger partial charge in [-0.1, -0.05) is 0 Å². The van der Waals surface area contributed by atoms with Crippen LogP contribution in [-0.4, -0.2) is 40.6 Å². The molecule has 0 bridgehead atoms. The Labute approximate surface area is 80.5 Å². The summed E-state index contributed by atoms with van der Waals surface area (Å²) in [5, 5.41) is 18.1. The Kier molecular flexibility index (Phi) is 4.23. The number of aliphatic carboxylic acids is 1. The number of carbonyl (C=O) groups excluding carboxylic acids is 2. The van der Waals surface area contributed by atoms with Crippen LogP contribution in [-0.2, 0) is 19.1 Å². The molecular weight excluding hydrogens is 192 g/mol. The normalized spacial score (nSPS) is 14.2. The summed E-state index contributed by atoms with van der Waals surface area (Å²) in [7, 11) is 1.07. The number of aliphatic hydroxyl groups is 1. The Hall–Kier alpha value is -1.43. The van der Waals surface area contributed by atoms with Gasteiger partial charge >= 0.3 is 11.9 Å². The van der Waals surface area contributed by atoms with Crippen LogP contribution in [0.15, 0.2) is 0 Å². The number of carboxylic acids is 1. The smallest absolute Gasteiger partial charge is 0.336 e. The first-order chi connectivity index (χ1) is 6.31. The van der Waals surface area contributed by atoms with E-state index in [2.05, 4.69) is 4.74 Å². The van der Waals surface area contributed by atoms with Crippen LogP contribution in [0.1, 0.15) is 19.8 Å². The molecule has 6 heteroatoms. The van der Waals surface area contributed by atoms with E-state index in [1.54, 1.807) is 0 Å². The van der Waals surface area contributed by atoms with Crippen molar-refractivity contribution >= 4 is 17.7 Å². The van der Waals surface area contributed by atoms with Gasteiger partial charge in [0.25, 0.3) is 0 Å². The lowest BCUT2D eigenvalue weighted by atomic mass is 9.94. The summed E-state index contributed by atoms with van der Waals surface area (Å²) < 4.78 is 4.20. The second kappa shape index (κ2) is 4.71. The van der Waals surface area contributed by atoms with Crippen LogP contribution in [0, 0.1) is 0 Å². The summed E-state index contributed by atoms with van der Waals surface area (Å²) in [6, 6.07) is 0. The summed E-state index contributed by atoms with van der Waals surface area (Å²) in [5.41, 5.74) is -2.36. The van der Waals surface area contributed by atoms with E-state index < -0.39 is 36.2 Å². The van der Waals surface area contributed by atoms with Gasteiger partial charge in [-0.3, -0.25) is 9.59 Å². The fraction of sp³-hybridized carbons (Fsp3) is 0.625. The summed E-state index contributed by atoms with van der Waals surface area (Å²) >= 11 is 0. The van der Waals surface area contributed by atoms with Gasteiger partial charge in [-0.15, -0.1) is 0 Å². The first-order valence-corrected chi connectivity index (χ1v) is 3.84. The Morgan fingerprint density at radius 2 is 1.79 bits per heavy atom. The van der Waals surface area contributed by atoms with Crippen molar-refractivity contribution in [2.45, 2.75) is 25.4 Å². The molecule has 0 fully saturated rings. The Balaban J connectivity index is 4.63. The number of methoxy groups -OCH3 is 1. The first-order valence-electron chi connectivity index (χ1n) is 3.84. The van der Waals surface area contributed by atoms with Crippen LogP contribution in [0.2, 0.25) is 0 Å². The van der Waals surface area contributed by atoms with Gasteiger partial charge in [-0.25, -0.2) is 4.79 Å². The minimum atomic E-state index is -2.36. The zero-order valence-electron chi connectivity index (χ0n) is 7.94. The summed E-state index contributed by atoms with van der Waals surface area (Å²) in [6.07, 6.45) is -1.35. The van der Waals surface area contributed by atoms with Crippen molar-refractivity contribution < 1.29 is 29.3 Å². The zero-order valence-corrected chi connectivity index (χ0v) is 7.94. The van der Waals surface area contributed by atoms with Crippen molar-refractivity contribution in [1.29, 1.82) is 0 Å². The molecule has 0 aliphatic carbocycles. The van der Waals surface area contributed by atoms with Crippen LogP contribution < -0.4 is 0 Å². The van der Waals surface area contributed by atoms with E-state index in [1.165, 1.54) is 0 Å². The third-order valence-corrected chi connectivity index (χ3v) is 1.60. The van der Waals surface area contributed by atoms with Crippen LogP contribution in [0.3, 0.4) is 0 Å². The van der Waals surface area contributed by atoms with Crippen LogP contribution in [0.25, 0.3) is 0 Å². The molecule has 0 aromatic heterocycles.